The summed E-state index contributed by atoms with van der Waals surface area (Å²) in [5.41, 5.74) is 1.15. The van der Waals surface area contributed by atoms with Crippen LogP contribution in [0.3, 0.4) is 0 Å². The Hall–Kier alpha value is -2.85. The monoisotopic (exact) mass is 453 g/mol. The molecule has 3 heterocycles. The number of non-ortho nitro benzene ring substituents is 1. The van der Waals surface area contributed by atoms with E-state index in [4.69, 9.17) is 0 Å². The molecule has 0 radical (unpaired) electrons. The number of nitrogens with zero attached hydrogens (tertiary/aromatic N) is 7. The van der Waals surface area contributed by atoms with Crippen molar-refractivity contribution in [3.63, 3.8) is 0 Å². The van der Waals surface area contributed by atoms with Crippen LogP contribution in [0.5, 0.6) is 0 Å². The van der Waals surface area contributed by atoms with Crippen molar-refractivity contribution >= 4 is 22.7 Å². The Morgan fingerprint density at radius 2 is 1.78 bits per heavy atom. The summed E-state index contributed by atoms with van der Waals surface area (Å²) in [6, 6.07) is 11.5. The van der Waals surface area contributed by atoms with Gasteiger partial charge in [0.1, 0.15) is 6.04 Å². The number of hydrogen-bond donors (Lipinski definition) is 0. The Morgan fingerprint density at radius 3 is 2.44 bits per heavy atom. The zero-order valence-electron chi connectivity index (χ0n) is 17.9. The average Bonchev–Trinajstić information content (AvgIpc) is 3.54. The maximum Gasteiger partial charge on any atom is 0.269 e. The van der Waals surface area contributed by atoms with E-state index in [1.807, 2.05) is 12.1 Å². The summed E-state index contributed by atoms with van der Waals surface area (Å²) < 4.78 is 2.09. The van der Waals surface area contributed by atoms with Crippen LogP contribution in [0.4, 0.5) is 11.4 Å². The molecule has 1 aromatic carbocycles. The van der Waals surface area contributed by atoms with Crippen LogP contribution >= 0.6 is 11.3 Å². The fraction of sp³-hybridized carbons (Fsp3) is 0.500. The summed E-state index contributed by atoms with van der Waals surface area (Å²) in [5, 5.41) is 26.1. The Morgan fingerprint density at radius 1 is 1.03 bits per heavy atom. The van der Waals surface area contributed by atoms with Crippen molar-refractivity contribution in [2.24, 2.45) is 0 Å². The third-order valence-corrected chi connectivity index (χ3v) is 7.53. The number of nitro benzene ring substituents is 1. The normalized spacial score (nSPS) is 19.2. The summed E-state index contributed by atoms with van der Waals surface area (Å²) in [6.07, 6.45) is 6.06. The van der Waals surface area contributed by atoms with E-state index >= 15 is 0 Å². The van der Waals surface area contributed by atoms with Gasteiger partial charge < -0.3 is 4.90 Å². The lowest BCUT2D eigenvalue weighted by atomic mass is 9.95. The van der Waals surface area contributed by atoms with Gasteiger partial charge in [-0.25, -0.2) is 4.68 Å². The van der Waals surface area contributed by atoms with Crippen molar-refractivity contribution in [1.29, 1.82) is 0 Å². The molecule has 3 aromatic rings. The second kappa shape index (κ2) is 9.33. The fourth-order valence-electron chi connectivity index (χ4n) is 4.91. The molecule has 0 N–H and O–H groups in total. The number of nitro groups is 1. The molecular weight excluding hydrogens is 426 g/mol. The molecule has 0 unspecified atom stereocenters. The SMILES string of the molecule is O=[N+]([O-])c1ccc(N2CCN([C@H](c3cccs3)c3nnnn3C3CCCCC3)CC2)cc1. The summed E-state index contributed by atoms with van der Waals surface area (Å²) in [4.78, 5) is 16.6. The Kier molecular flexibility index (Phi) is 6.13. The lowest BCUT2D eigenvalue weighted by Crippen LogP contribution is -2.48. The zero-order chi connectivity index (χ0) is 21.9. The van der Waals surface area contributed by atoms with Gasteiger partial charge in [0.05, 0.1) is 11.0 Å². The van der Waals surface area contributed by atoms with E-state index in [9.17, 15) is 10.1 Å². The van der Waals surface area contributed by atoms with Gasteiger partial charge in [0.15, 0.2) is 5.82 Å². The van der Waals surface area contributed by atoms with Crippen LogP contribution < -0.4 is 4.90 Å². The highest BCUT2D eigenvalue weighted by Crippen LogP contribution is 2.35. The van der Waals surface area contributed by atoms with Crippen molar-refractivity contribution in [3.05, 3.63) is 62.6 Å². The van der Waals surface area contributed by atoms with Crippen LogP contribution in [-0.2, 0) is 0 Å². The Balaban J connectivity index is 1.35. The number of rotatable bonds is 6. The van der Waals surface area contributed by atoms with Gasteiger partial charge in [-0.1, -0.05) is 25.3 Å². The number of hydrogen-bond acceptors (Lipinski definition) is 8. The minimum absolute atomic E-state index is 0.0472. The summed E-state index contributed by atoms with van der Waals surface area (Å²) >= 11 is 1.75. The summed E-state index contributed by atoms with van der Waals surface area (Å²) in [7, 11) is 0. The van der Waals surface area contributed by atoms with Gasteiger partial charge in [0, 0.05) is 48.9 Å². The molecule has 1 atom stereocenters. The Bertz CT molecular complexity index is 1020. The smallest absolute Gasteiger partial charge is 0.269 e. The first kappa shape index (κ1) is 21.0. The molecule has 0 spiro atoms. The van der Waals surface area contributed by atoms with Crippen LogP contribution in [0.2, 0.25) is 0 Å². The largest absolute Gasteiger partial charge is 0.369 e. The van der Waals surface area contributed by atoms with E-state index in [2.05, 4.69) is 47.5 Å². The number of anilines is 1. The standard InChI is InChI=1S/C22H27N7O2S/c30-29(31)19-10-8-17(9-11-19)26-12-14-27(15-13-26)21(20-7-4-16-32-20)22-23-24-25-28(22)18-5-2-1-3-6-18/h4,7-11,16,18,21H,1-3,5-6,12-15H2/t21-/m1/s1. The molecule has 168 valence electrons. The minimum atomic E-state index is -0.357. The molecule has 0 amide bonds. The van der Waals surface area contributed by atoms with Gasteiger partial charge in [0.2, 0.25) is 0 Å². The fourth-order valence-corrected chi connectivity index (χ4v) is 5.76. The number of aromatic nitrogens is 4. The number of thiophene rings is 1. The molecule has 2 aliphatic rings. The molecule has 1 saturated carbocycles. The number of benzene rings is 1. The van der Waals surface area contributed by atoms with Crippen molar-refractivity contribution in [1.82, 2.24) is 25.1 Å². The molecule has 32 heavy (non-hydrogen) atoms. The van der Waals surface area contributed by atoms with Gasteiger partial charge in [-0.15, -0.1) is 16.4 Å². The molecule has 9 nitrogen and oxygen atoms in total. The third kappa shape index (κ3) is 4.24. The minimum Gasteiger partial charge on any atom is -0.369 e. The second-order valence-electron chi connectivity index (χ2n) is 8.49. The highest BCUT2D eigenvalue weighted by Gasteiger charge is 2.33. The molecule has 2 fully saturated rings. The van der Waals surface area contributed by atoms with Crippen molar-refractivity contribution in [2.45, 2.75) is 44.2 Å². The zero-order valence-corrected chi connectivity index (χ0v) is 18.7. The maximum absolute atomic E-state index is 10.9. The van der Waals surface area contributed by atoms with E-state index < -0.39 is 0 Å². The predicted octanol–water partition coefficient (Wildman–Crippen LogP) is 4.06. The van der Waals surface area contributed by atoms with Gasteiger partial charge in [-0.3, -0.25) is 15.0 Å². The number of piperazine rings is 1. The first-order chi connectivity index (χ1) is 15.7. The van der Waals surface area contributed by atoms with Crippen molar-refractivity contribution in [3.8, 4) is 0 Å². The van der Waals surface area contributed by atoms with Crippen molar-refractivity contribution < 1.29 is 4.92 Å². The van der Waals surface area contributed by atoms with Crippen LogP contribution in [0.1, 0.15) is 54.9 Å². The van der Waals surface area contributed by atoms with Gasteiger partial charge in [-0.2, -0.15) is 0 Å². The number of tetrazole rings is 1. The summed E-state index contributed by atoms with van der Waals surface area (Å²) in [6.45, 7) is 3.45. The van der Waals surface area contributed by atoms with Gasteiger partial charge in [0.25, 0.3) is 5.69 Å². The van der Waals surface area contributed by atoms with Crippen LogP contribution in [0.15, 0.2) is 41.8 Å². The van der Waals surface area contributed by atoms with Crippen molar-refractivity contribution in [2.75, 3.05) is 31.1 Å². The quantitative estimate of drug-likeness (QED) is 0.410. The molecule has 10 heteroatoms. The predicted molar refractivity (Wildman–Crippen MR) is 123 cm³/mol. The molecule has 5 rings (SSSR count). The molecule has 1 aliphatic heterocycles. The molecule has 1 saturated heterocycles. The third-order valence-electron chi connectivity index (χ3n) is 6.60. The van der Waals surface area contributed by atoms with E-state index in [-0.39, 0.29) is 16.7 Å². The van der Waals surface area contributed by atoms with Crippen LogP contribution in [0.25, 0.3) is 0 Å². The van der Waals surface area contributed by atoms with E-state index in [1.54, 1.807) is 23.5 Å². The summed E-state index contributed by atoms with van der Waals surface area (Å²) in [5.74, 6) is 0.947. The Labute approximate surface area is 190 Å². The first-order valence-corrected chi connectivity index (χ1v) is 12.1. The average molecular weight is 454 g/mol. The first-order valence-electron chi connectivity index (χ1n) is 11.3. The highest BCUT2D eigenvalue weighted by molar-refractivity contribution is 7.10. The molecule has 1 aliphatic carbocycles. The molecule has 0 bridgehead atoms. The highest BCUT2D eigenvalue weighted by atomic mass is 32.1. The van der Waals surface area contributed by atoms with E-state index in [0.29, 0.717) is 6.04 Å². The van der Waals surface area contributed by atoms with Crippen LogP contribution in [-0.4, -0.2) is 56.2 Å². The topological polar surface area (TPSA) is 93.2 Å². The van der Waals surface area contributed by atoms with Crippen LogP contribution in [0, 0.1) is 10.1 Å². The lowest BCUT2D eigenvalue weighted by molar-refractivity contribution is -0.384. The van der Waals surface area contributed by atoms with E-state index in [0.717, 1.165) is 50.5 Å². The maximum atomic E-state index is 10.9. The van der Waals surface area contributed by atoms with Gasteiger partial charge in [-0.05, 0) is 46.8 Å². The van der Waals surface area contributed by atoms with E-state index in [1.165, 1.54) is 24.1 Å². The molecular formula is C22H27N7O2S. The van der Waals surface area contributed by atoms with Gasteiger partial charge >= 0.3 is 0 Å². The second-order valence-corrected chi connectivity index (χ2v) is 9.47. The lowest BCUT2D eigenvalue weighted by Gasteiger charge is -2.39. The molecule has 2 aromatic heterocycles.